The maximum atomic E-state index is 12.4. The highest BCUT2D eigenvalue weighted by molar-refractivity contribution is 9.09. The van der Waals surface area contributed by atoms with Crippen LogP contribution in [0.4, 0.5) is 11.4 Å². The van der Waals surface area contributed by atoms with E-state index in [1.165, 1.54) is 4.31 Å². The molecule has 0 N–H and O–H groups in total. The minimum atomic E-state index is -3.49. The van der Waals surface area contributed by atoms with E-state index in [9.17, 15) is 8.42 Å². The summed E-state index contributed by atoms with van der Waals surface area (Å²) in [6.07, 6.45) is 0.765. The average Bonchev–Trinajstić information content (AvgIpc) is 2.83. The SMILES string of the molecule is CN(CCCBr)S(=O)(=O)c1cccc2c1N=S=N2. The molecule has 8 heteroatoms. The fourth-order valence-corrected chi connectivity index (χ4v) is 3.77. The number of hydrogen-bond acceptors (Lipinski definition) is 4. The van der Waals surface area contributed by atoms with E-state index in [4.69, 9.17) is 0 Å². The number of nitrogens with zero attached hydrogens (tertiary/aromatic N) is 3. The first kappa shape index (κ1) is 13.9. The summed E-state index contributed by atoms with van der Waals surface area (Å²) in [6, 6.07) is 5.02. The Labute approximate surface area is 118 Å². The molecule has 18 heavy (non-hydrogen) atoms. The van der Waals surface area contributed by atoms with Crippen LogP contribution in [0.1, 0.15) is 6.42 Å². The predicted molar refractivity (Wildman–Crippen MR) is 76.2 cm³/mol. The summed E-state index contributed by atoms with van der Waals surface area (Å²) < 4.78 is 34.3. The highest BCUT2D eigenvalue weighted by atomic mass is 79.9. The second-order valence-corrected chi connectivity index (χ2v) is 7.09. The molecule has 0 spiro atoms. The van der Waals surface area contributed by atoms with Crippen LogP contribution in [0.25, 0.3) is 0 Å². The van der Waals surface area contributed by atoms with Gasteiger partial charge in [0, 0.05) is 18.9 Å². The van der Waals surface area contributed by atoms with Gasteiger partial charge < -0.3 is 0 Å². The van der Waals surface area contributed by atoms with Gasteiger partial charge in [0.05, 0.1) is 11.4 Å². The Hall–Kier alpha value is -0.570. The molecule has 0 radical (unpaired) electrons. The van der Waals surface area contributed by atoms with Gasteiger partial charge >= 0.3 is 0 Å². The van der Waals surface area contributed by atoms with Crippen LogP contribution in [0.2, 0.25) is 0 Å². The van der Waals surface area contributed by atoms with Crippen molar-refractivity contribution in [3.05, 3.63) is 18.2 Å². The molecular formula is C10H12BrN3O2S2. The van der Waals surface area contributed by atoms with Crippen molar-refractivity contribution < 1.29 is 8.42 Å². The molecule has 1 aliphatic rings. The molecule has 0 unspecified atom stereocenters. The standard InChI is InChI=1S/C10H12BrN3O2S2/c1-14(7-3-6-11)18(15,16)9-5-2-4-8-10(9)13-17-12-8/h2,4-5H,3,6-7H2,1H3. The summed E-state index contributed by atoms with van der Waals surface area (Å²) in [5, 5.41) is 0.773. The number of alkyl halides is 1. The lowest BCUT2D eigenvalue weighted by Gasteiger charge is -2.17. The Morgan fingerprint density at radius 1 is 1.39 bits per heavy atom. The number of hydrogen-bond donors (Lipinski definition) is 0. The van der Waals surface area contributed by atoms with Crippen molar-refractivity contribution in [2.24, 2.45) is 8.73 Å². The van der Waals surface area contributed by atoms with E-state index < -0.39 is 10.0 Å². The van der Waals surface area contributed by atoms with Gasteiger partial charge in [-0.2, -0.15) is 8.73 Å². The van der Waals surface area contributed by atoms with Crippen LogP contribution in [-0.2, 0) is 21.4 Å². The molecule has 0 aromatic heterocycles. The van der Waals surface area contributed by atoms with Crippen molar-refractivity contribution in [3.63, 3.8) is 0 Å². The van der Waals surface area contributed by atoms with Crippen molar-refractivity contribution in [2.75, 3.05) is 18.9 Å². The normalized spacial score (nSPS) is 13.7. The fraction of sp³-hybridized carbons (Fsp3) is 0.400. The van der Waals surface area contributed by atoms with Crippen molar-refractivity contribution in [1.82, 2.24) is 4.31 Å². The maximum Gasteiger partial charge on any atom is 0.245 e. The van der Waals surface area contributed by atoms with Gasteiger partial charge in [-0.1, -0.05) is 22.0 Å². The highest BCUT2D eigenvalue weighted by Crippen LogP contribution is 2.38. The number of fused-ring (bicyclic) bond motifs is 1. The maximum absolute atomic E-state index is 12.4. The van der Waals surface area contributed by atoms with E-state index in [0.29, 0.717) is 17.9 Å². The number of sulfonamides is 1. The van der Waals surface area contributed by atoms with E-state index >= 15 is 0 Å². The van der Waals surface area contributed by atoms with Crippen molar-refractivity contribution in [2.45, 2.75) is 11.3 Å². The Bertz CT molecular complexity index is 624. The summed E-state index contributed by atoms with van der Waals surface area (Å²) in [7, 11) is -1.91. The largest absolute Gasteiger partial charge is 0.245 e. The van der Waals surface area contributed by atoms with Crippen molar-refractivity contribution in [3.8, 4) is 0 Å². The van der Waals surface area contributed by atoms with Gasteiger partial charge in [0.15, 0.2) is 0 Å². The van der Waals surface area contributed by atoms with E-state index in [1.807, 2.05) is 0 Å². The van der Waals surface area contributed by atoms with Crippen LogP contribution in [0, 0.1) is 0 Å². The van der Waals surface area contributed by atoms with E-state index in [0.717, 1.165) is 23.1 Å². The number of benzene rings is 1. The molecule has 1 heterocycles. The van der Waals surface area contributed by atoms with Gasteiger partial charge in [0.25, 0.3) is 0 Å². The molecule has 98 valence electrons. The van der Waals surface area contributed by atoms with Gasteiger partial charge in [0.2, 0.25) is 10.0 Å². The third-order valence-corrected chi connectivity index (χ3v) is 5.54. The van der Waals surface area contributed by atoms with E-state index in [2.05, 4.69) is 24.7 Å². The smallest absolute Gasteiger partial charge is 0.207 e. The molecule has 1 aromatic carbocycles. The van der Waals surface area contributed by atoms with Crippen LogP contribution in [0.15, 0.2) is 31.8 Å². The van der Waals surface area contributed by atoms with Gasteiger partial charge in [-0.05, 0) is 18.6 Å². The summed E-state index contributed by atoms with van der Waals surface area (Å²) >= 11 is 4.31. The Morgan fingerprint density at radius 3 is 2.89 bits per heavy atom. The molecule has 5 nitrogen and oxygen atoms in total. The molecule has 0 saturated heterocycles. The fourth-order valence-electron chi connectivity index (χ4n) is 1.56. The molecule has 1 aromatic rings. The Morgan fingerprint density at radius 2 is 2.17 bits per heavy atom. The molecule has 1 aliphatic heterocycles. The third-order valence-electron chi connectivity index (χ3n) is 2.54. The molecule has 0 saturated carbocycles. The first-order chi connectivity index (χ1) is 8.57. The Kier molecular flexibility index (Phi) is 4.31. The zero-order valence-corrected chi connectivity index (χ0v) is 12.9. The van der Waals surface area contributed by atoms with E-state index in [1.54, 1.807) is 25.2 Å². The predicted octanol–water partition coefficient (Wildman–Crippen LogP) is 2.82. The molecule has 2 rings (SSSR count). The molecule has 0 atom stereocenters. The van der Waals surface area contributed by atoms with Crippen LogP contribution in [0.3, 0.4) is 0 Å². The lowest BCUT2D eigenvalue weighted by molar-refractivity contribution is 0.470. The van der Waals surface area contributed by atoms with Crippen LogP contribution < -0.4 is 0 Å². The van der Waals surface area contributed by atoms with Gasteiger partial charge in [-0.15, -0.1) is 0 Å². The lowest BCUT2D eigenvalue weighted by Crippen LogP contribution is -2.28. The highest BCUT2D eigenvalue weighted by Gasteiger charge is 2.26. The van der Waals surface area contributed by atoms with Crippen molar-refractivity contribution in [1.29, 1.82) is 0 Å². The molecular weight excluding hydrogens is 338 g/mol. The van der Waals surface area contributed by atoms with E-state index in [-0.39, 0.29) is 4.90 Å². The lowest BCUT2D eigenvalue weighted by atomic mass is 10.3. The van der Waals surface area contributed by atoms with Gasteiger partial charge in [-0.25, -0.2) is 12.7 Å². The molecule has 0 bridgehead atoms. The quantitative estimate of drug-likeness (QED) is 0.779. The van der Waals surface area contributed by atoms with Crippen molar-refractivity contribution >= 4 is 48.7 Å². The number of halogens is 1. The zero-order valence-electron chi connectivity index (χ0n) is 9.71. The first-order valence-electron chi connectivity index (χ1n) is 5.31. The minimum Gasteiger partial charge on any atom is -0.207 e. The second-order valence-electron chi connectivity index (χ2n) is 3.76. The van der Waals surface area contributed by atoms with Crippen LogP contribution in [0.5, 0.6) is 0 Å². The monoisotopic (exact) mass is 349 g/mol. The third kappa shape index (κ3) is 2.56. The first-order valence-corrected chi connectivity index (χ1v) is 8.60. The van der Waals surface area contributed by atoms with Gasteiger partial charge in [0.1, 0.15) is 16.3 Å². The summed E-state index contributed by atoms with van der Waals surface area (Å²) in [6.45, 7) is 0.474. The van der Waals surface area contributed by atoms with Crippen LogP contribution in [-0.4, -0.2) is 31.6 Å². The van der Waals surface area contributed by atoms with Gasteiger partial charge in [-0.3, -0.25) is 0 Å². The van der Waals surface area contributed by atoms with Crippen LogP contribution >= 0.6 is 15.9 Å². The summed E-state index contributed by atoms with van der Waals surface area (Å²) in [5.74, 6) is 0. The summed E-state index contributed by atoms with van der Waals surface area (Å²) in [5.41, 5.74) is 1.07. The topological polar surface area (TPSA) is 62.1 Å². The second kappa shape index (κ2) is 5.60. The minimum absolute atomic E-state index is 0.228. The Balaban J connectivity index is 2.37. The average molecular weight is 350 g/mol. The molecule has 0 fully saturated rings. The molecule has 0 amide bonds. The molecule has 0 aliphatic carbocycles. The number of rotatable bonds is 5. The zero-order chi connectivity index (χ0) is 13.2. The summed E-state index contributed by atoms with van der Waals surface area (Å²) in [4.78, 5) is 0.228.